The highest BCUT2D eigenvalue weighted by molar-refractivity contribution is 6.32. The molecule has 0 bridgehead atoms. The molecule has 1 aromatic rings. The lowest BCUT2D eigenvalue weighted by Gasteiger charge is -1.96. The molecule has 0 saturated carbocycles. The number of nitriles is 2. The van der Waals surface area contributed by atoms with Crippen molar-refractivity contribution in [3.63, 3.8) is 0 Å². The number of allylic oxidation sites excluding steroid dienone is 4. The number of halogens is 1. The van der Waals surface area contributed by atoms with E-state index in [1.165, 1.54) is 6.08 Å². The highest BCUT2D eigenvalue weighted by Gasteiger charge is 1.99. The van der Waals surface area contributed by atoms with Gasteiger partial charge in [-0.15, -0.1) is 0 Å². The molecule has 0 aliphatic carbocycles. The first kappa shape index (κ1) is 25.7. The number of aryl methyl sites for hydroxylation is 1. The van der Waals surface area contributed by atoms with Gasteiger partial charge in [-0.05, 0) is 31.1 Å². The first-order valence-corrected chi connectivity index (χ1v) is 7.90. The lowest BCUT2D eigenvalue weighted by molar-refractivity contribution is 1.42. The number of hydrogen-bond acceptors (Lipinski definition) is 2. The molecule has 1 aromatic carbocycles. The van der Waals surface area contributed by atoms with Crippen molar-refractivity contribution >= 4 is 11.6 Å². The summed E-state index contributed by atoms with van der Waals surface area (Å²) in [5.74, 6) is 0. The Morgan fingerprint density at radius 2 is 1.61 bits per heavy atom. The van der Waals surface area contributed by atoms with Crippen LogP contribution >= 0.6 is 11.6 Å². The van der Waals surface area contributed by atoms with Gasteiger partial charge in [-0.1, -0.05) is 76.7 Å². The molecule has 0 fully saturated rings. The van der Waals surface area contributed by atoms with Crippen molar-refractivity contribution in [3.05, 3.63) is 70.8 Å². The van der Waals surface area contributed by atoms with Gasteiger partial charge in [-0.3, -0.25) is 0 Å². The van der Waals surface area contributed by atoms with Crippen LogP contribution < -0.4 is 0 Å². The predicted molar refractivity (Wildman–Crippen MR) is 102 cm³/mol. The normalized spacial score (nSPS) is 8.74. The van der Waals surface area contributed by atoms with Crippen LogP contribution in [0.3, 0.4) is 0 Å². The maximum Gasteiger partial charge on any atom is 0.101 e. The zero-order valence-corrected chi connectivity index (χ0v) is 15.8. The molecule has 3 heteroatoms. The van der Waals surface area contributed by atoms with E-state index < -0.39 is 0 Å². The van der Waals surface area contributed by atoms with Crippen LogP contribution in [0.4, 0.5) is 0 Å². The van der Waals surface area contributed by atoms with Gasteiger partial charge in [0, 0.05) is 0 Å². The van der Waals surface area contributed by atoms with Crippen LogP contribution in [-0.2, 0) is 0 Å². The summed E-state index contributed by atoms with van der Waals surface area (Å²) >= 11 is 5.77. The van der Waals surface area contributed by atoms with Crippen LogP contribution in [0, 0.1) is 29.6 Å². The van der Waals surface area contributed by atoms with Crippen molar-refractivity contribution < 1.29 is 0 Å². The molecule has 0 unspecified atom stereocenters. The minimum atomic E-state index is 0.543. The minimum Gasteiger partial charge on any atom is -0.192 e. The average molecular weight is 331 g/mol. The third-order valence-electron chi connectivity index (χ3n) is 2.37. The number of rotatable bonds is 2. The van der Waals surface area contributed by atoms with Gasteiger partial charge in [0.25, 0.3) is 0 Å². The highest BCUT2D eigenvalue weighted by Crippen LogP contribution is 2.18. The first-order chi connectivity index (χ1) is 11.0. The molecule has 124 valence electrons. The predicted octanol–water partition coefficient (Wildman–Crippen LogP) is 6.77. The maximum atomic E-state index is 8.51. The summed E-state index contributed by atoms with van der Waals surface area (Å²) in [6, 6.07) is 9.40. The molecule has 23 heavy (non-hydrogen) atoms. The Kier molecular flexibility index (Phi) is 19.8. The molecule has 0 aromatic heterocycles. The molecule has 0 N–H and O–H groups in total. The van der Waals surface area contributed by atoms with E-state index in [1.54, 1.807) is 12.1 Å². The van der Waals surface area contributed by atoms with E-state index in [1.807, 2.05) is 65.8 Å². The first-order valence-electron chi connectivity index (χ1n) is 7.52. The largest absolute Gasteiger partial charge is 0.192 e. The molecular formula is C20H27ClN2. The maximum absolute atomic E-state index is 8.51. The van der Waals surface area contributed by atoms with E-state index in [2.05, 4.69) is 13.2 Å². The monoisotopic (exact) mass is 330 g/mol. The zero-order chi connectivity index (χ0) is 18.8. The van der Waals surface area contributed by atoms with Crippen molar-refractivity contribution in [1.29, 1.82) is 10.5 Å². The lowest BCUT2D eigenvalue weighted by atomic mass is 10.1. The van der Waals surface area contributed by atoms with Gasteiger partial charge in [0.2, 0.25) is 0 Å². The molecule has 0 aliphatic rings. The molecule has 0 radical (unpaired) electrons. The SMILES string of the molecule is C=C/C(C)=C(/C#N)C=C.CC.CC.Cc1cccc(C#N)c1Cl. The van der Waals surface area contributed by atoms with Gasteiger partial charge < -0.3 is 0 Å². The third-order valence-corrected chi connectivity index (χ3v) is 2.87. The standard InChI is InChI=1S/C8H6ClN.C8H9N.2C2H6/c1-6-3-2-4-7(5-10)8(6)9;1-4-7(3)8(5-2)6-9;2*1-2/h2-4H,1H3;4-5H,1-2H2,3H3;2*1-2H3/b;8-7+;;. The molecule has 0 heterocycles. The number of benzene rings is 1. The molecule has 0 spiro atoms. The molecule has 0 atom stereocenters. The molecule has 0 amide bonds. The van der Waals surface area contributed by atoms with Gasteiger partial charge >= 0.3 is 0 Å². The fourth-order valence-electron chi connectivity index (χ4n) is 1.14. The van der Waals surface area contributed by atoms with Gasteiger partial charge in [0.05, 0.1) is 22.2 Å². The summed E-state index contributed by atoms with van der Waals surface area (Å²) in [7, 11) is 0. The second kappa shape index (κ2) is 17.8. The molecule has 1 rings (SSSR count). The highest BCUT2D eigenvalue weighted by atomic mass is 35.5. The lowest BCUT2D eigenvalue weighted by Crippen LogP contribution is -1.79. The molecule has 2 nitrogen and oxygen atoms in total. The summed E-state index contributed by atoms with van der Waals surface area (Å²) in [5, 5.41) is 17.5. The Bertz CT molecular complexity index is 585. The Hall–Kier alpha value is -2.29. The van der Waals surface area contributed by atoms with Crippen LogP contribution in [-0.4, -0.2) is 0 Å². The van der Waals surface area contributed by atoms with E-state index in [9.17, 15) is 0 Å². The fraction of sp³-hybridized carbons (Fsp3) is 0.300. The van der Waals surface area contributed by atoms with Crippen molar-refractivity contribution in [3.8, 4) is 12.1 Å². The molecule has 0 saturated heterocycles. The van der Waals surface area contributed by atoms with Crippen LogP contribution in [0.25, 0.3) is 0 Å². The van der Waals surface area contributed by atoms with Gasteiger partial charge in [-0.25, -0.2) is 0 Å². The van der Waals surface area contributed by atoms with Crippen LogP contribution in [0.15, 0.2) is 54.7 Å². The van der Waals surface area contributed by atoms with Crippen molar-refractivity contribution in [2.75, 3.05) is 0 Å². The van der Waals surface area contributed by atoms with E-state index in [0.29, 0.717) is 16.2 Å². The molecular weight excluding hydrogens is 304 g/mol. The summed E-state index contributed by atoms with van der Waals surface area (Å²) in [6.45, 7) is 18.7. The smallest absolute Gasteiger partial charge is 0.101 e. The van der Waals surface area contributed by atoms with Gasteiger partial charge in [-0.2, -0.15) is 10.5 Å². The Balaban J connectivity index is -0.000000287. The van der Waals surface area contributed by atoms with Gasteiger partial charge in [0.15, 0.2) is 0 Å². The third kappa shape index (κ3) is 11.0. The fourth-order valence-corrected chi connectivity index (χ4v) is 1.31. The number of hydrogen-bond donors (Lipinski definition) is 0. The zero-order valence-electron chi connectivity index (χ0n) is 15.1. The van der Waals surface area contributed by atoms with E-state index in [-0.39, 0.29) is 0 Å². The number of nitrogens with zero attached hydrogens (tertiary/aromatic N) is 2. The minimum absolute atomic E-state index is 0.543. The van der Waals surface area contributed by atoms with Crippen LogP contribution in [0.1, 0.15) is 45.7 Å². The summed E-state index contributed by atoms with van der Waals surface area (Å²) in [6.07, 6.45) is 3.16. The summed E-state index contributed by atoms with van der Waals surface area (Å²) in [4.78, 5) is 0. The second-order valence-corrected chi connectivity index (χ2v) is 4.04. The summed E-state index contributed by atoms with van der Waals surface area (Å²) < 4.78 is 0. The Morgan fingerprint density at radius 3 is 1.87 bits per heavy atom. The van der Waals surface area contributed by atoms with Crippen molar-refractivity contribution in [2.45, 2.75) is 41.5 Å². The van der Waals surface area contributed by atoms with E-state index in [4.69, 9.17) is 22.1 Å². The van der Waals surface area contributed by atoms with Gasteiger partial charge in [0.1, 0.15) is 6.07 Å². The van der Waals surface area contributed by atoms with Crippen LogP contribution in [0.2, 0.25) is 5.02 Å². The quantitative estimate of drug-likeness (QED) is 0.443. The molecule has 0 aliphatic heterocycles. The Labute approximate surface area is 147 Å². The average Bonchev–Trinajstić information content (AvgIpc) is 2.62. The summed E-state index contributed by atoms with van der Waals surface area (Å²) in [5.41, 5.74) is 2.94. The van der Waals surface area contributed by atoms with Crippen molar-refractivity contribution in [2.24, 2.45) is 0 Å². The topological polar surface area (TPSA) is 47.6 Å². The second-order valence-electron chi connectivity index (χ2n) is 3.66. The van der Waals surface area contributed by atoms with Crippen molar-refractivity contribution in [1.82, 2.24) is 0 Å². The van der Waals surface area contributed by atoms with Crippen LogP contribution in [0.5, 0.6) is 0 Å². The van der Waals surface area contributed by atoms with E-state index in [0.717, 1.165) is 11.1 Å². The van der Waals surface area contributed by atoms with E-state index >= 15 is 0 Å². The Morgan fingerprint density at radius 1 is 1.09 bits per heavy atom.